The van der Waals surface area contributed by atoms with E-state index in [0.717, 1.165) is 10.5 Å². The van der Waals surface area contributed by atoms with Crippen molar-refractivity contribution in [2.24, 2.45) is 4.40 Å². The first-order valence-corrected chi connectivity index (χ1v) is 4.82. The molecule has 0 aliphatic carbocycles. The Hall–Kier alpha value is -0.960. The summed E-state index contributed by atoms with van der Waals surface area (Å²) in [5.41, 5.74) is 1.02. The van der Waals surface area contributed by atoms with E-state index in [2.05, 4.69) is 4.40 Å². The first-order valence-electron chi connectivity index (χ1n) is 3.72. The van der Waals surface area contributed by atoms with Gasteiger partial charge in [-0.15, -0.1) is 0 Å². The molecule has 0 spiro atoms. The van der Waals surface area contributed by atoms with Crippen molar-refractivity contribution in [1.82, 2.24) is 0 Å². The zero-order valence-corrected chi connectivity index (χ0v) is 7.97. The Morgan fingerprint density at radius 3 is 2.67 bits per heavy atom. The molecule has 1 aromatic carbocycles. The molecule has 1 unspecified atom stereocenters. The van der Waals surface area contributed by atoms with Crippen molar-refractivity contribution >= 4 is 17.2 Å². The van der Waals surface area contributed by atoms with Gasteiger partial charge in [-0.05, 0) is 25.5 Å². The molecule has 2 nitrogen and oxygen atoms in total. The maximum absolute atomic E-state index is 11.4. The molecule has 0 aliphatic rings. The zero-order valence-electron chi connectivity index (χ0n) is 7.15. The predicted octanol–water partition coefficient (Wildman–Crippen LogP) is 2.11. The van der Waals surface area contributed by atoms with Crippen LogP contribution in [0.3, 0.4) is 0 Å². The van der Waals surface area contributed by atoms with Crippen LogP contribution in [0.5, 0.6) is 0 Å². The highest BCUT2D eigenvalue weighted by Gasteiger charge is 2.02. The molecule has 0 amide bonds. The van der Waals surface area contributed by atoms with E-state index >= 15 is 0 Å². The lowest BCUT2D eigenvalue weighted by Gasteiger charge is -1.98. The molecule has 64 valence electrons. The molecule has 0 aromatic heterocycles. The van der Waals surface area contributed by atoms with Gasteiger partial charge in [0.05, 0.1) is 4.90 Å². The van der Waals surface area contributed by atoms with E-state index in [4.69, 9.17) is 0 Å². The largest absolute Gasteiger partial charge is 0.229 e. The lowest BCUT2D eigenvalue weighted by molar-refractivity contribution is 0.684. The summed E-state index contributed by atoms with van der Waals surface area (Å²) in [7, 11) is -1.23. The maximum Gasteiger partial charge on any atom is 0.172 e. The molecule has 1 atom stereocenters. The average molecular weight is 181 g/mol. The van der Waals surface area contributed by atoms with Crippen molar-refractivity contribution < 1.29 is 4.21 Å². The third-order valence-corrected chi connectivity index (χ3v) is 2.72. The number of nitrogens with zero attached hydrogens (tertiary/aromatic N) is 1. The van der Waals surface area contributed by atoms with Crippen molar-refractivity contribution in [1.29, 1.82) is 0 Å². The lowest BCUT2D eigenvalue weighted by Crippen LogP contribution is -1.90. The summed E-state index contributed by atoms with van der Waals surface area (Å²) >= 11 is 0. The summed E-state index contributed by atoms with van der Waals surface area (Å²) in [5, 5.41) is 0. The number of benzene rings is 1. The average Bonchev–Trinajstić information content (AvgIpc) is 2.05. The van der Waals surface area contributed by atoms with Crippen molar-refractivity contribution in [3.63, 3.8) is 0 Å². The van der Waals surface area contributed by atoms with Crippen LogP contribution in [0.25, 0.3) is 0 Å². The van der Waals surface area contributed by atoms with E-state index in [1.165, 1.54) is 0 Å². The van der Waals surface area contributed by atoms with Crippen LogP contribution in [0.4, 0.5) is 0 Å². The number of rotatable bonds is 2. The first-order chi connectivity index (χ1) is 5.75. The Morgan fingerprint density at radius 2 is 2.08 bits per heavy atom. The topological polar surface area (TPSA) is 29.4 Å². The smallest absolute Gasteiger partial charge is 0.172 e. The van der Waals surface area contributed by atoms with E-state index < -0.39 is 11.0 Å². The van der Waals surface area contributed by atoms with Gasteiger partial charge in [0.2, 0.25) is 0 Å². The van der Waals surface area contributed by atoms with Crippen LogP contribution in [0, 0.1) is 6.92 Å². The standard InChI is InChI=1S/C9H11NOS/c1-3-10-12(11)9-7-5-4-6-8(9)2/h3-7H,1-2H3. The normalized spacial score (nSPS) is 13.5. The molecular weight excluding hydrogens is 170 g/mol. The van der Waals surface area contributed by atoms with Crippen LogP contribution < -0.4 is 0 Å². The third-order valence-electron chi connectivity index (χ3n) is 1.48. The molecule has 1 rings (SSSR count). The quantitative estimate of drug-likeness (QED) is 0.642. The van der Waals surface area contributed by atoms with E-state index in [1.54, 1.807) is 13.1 Å². The van der Waals surface area contributed by atoms with Crippen LogP contribution >= 0.6 is 0 Å². The molecule has 0 bridgehead atoms. The monoisotopic (exact) mass is 181 g/mol. The van der Waals surface area contributed by atoms with Crippen LogP contribution in [-0.2, 0) is 11.0 Å². The fraction of sp³-hybridized carbons (Fsp3) is 0.222. The van der Waals surface area contributed by atoms with Gasteiger partial charge in [-0.3, -0.25) is 0 Å². The third kappa shape index (κ3) is 2.01. The summed E-state index contributed by atoms with van der Waals surface area (Å²) in [6.07, 6.45) is 1.56. The van der Waals surface area contributed by atoms with Crippen molar-refractivity contribution in [2.45, 2.75) is 18.7 Å². The first kappa shape index (κ1) is 9.13. The van der Waals surface area contributed by atoms with E-state index in [1.807, 2.05) is 31.2 Å². The summed E-state index contributed by atoms with van der Waals surface area (Å²) in [4.78, 5) is 0.788. The Kier molecular flexibility index (Phi) is 3.17. The maximum atomic E-state index is 11.4. The molecule has 0 saturated heterocycles. The molecule has 1 aromatic rings. The minimum Gasteiger partial charge on any atom is -0.229 e. The van der Waals surface area contributed by atoms with Crippen LogP contribution in [0.2, 0.25) is 0 Å². The van der Waals surface area contributed by atoms with Gasteiger partial charge in [0.15, 0.2) is 11.0 Å². The predicted molar refractivity (Wildman–Crippen MR) is 51.8 cm³/mol. The van der Waals surface area contributed by atoms with Crippen molar-refractivity contribution in [2.75, 3.05) is 0 Å². The summed E-state index contributed by atoms with van der Waals surface area (Å²) < 4.78 is 15.2. The summed E-state index contributed by atoms with van der Waals surface area (Å²) in [6, 6.07) is 7.55. The summed E-state index contributed by atoms with van der Waals surface area (Å²) in [5.74, 6) is 0. The Labute approximate surface area is 74.9 Å². The van der Waals surface area contributed by atoms with Crippen LogP contribution in [-0.4, -0.2) is 10.4 Å². The zero-order chi connectivity index (χ0) is 8.97. The Morgan fingerprint density at radius 1 is 1.42 bits per heavy atom. The fourth-order valence-corrected chi connectivity index (χ4v) is 1.75. The molecule has 3 heteroatoms. The Bertz CT molecular complexity index is 320. The second-order valence-electron chi connectivity index (χ2n) is 2.38. The van der Waals surface area contributed by atoms with Gasteiger partial charge in [0, 0.05) is 6.21 Å². The van der Waals surface area contributed by atoms with Gasteiger partial charge in [-0.2, -0.15) is 4.40 Å². The molecule has 0 saturated carbocycles. The minimum absolute atomic E-state index is 0.788. The Balaban J connectivity index is 3.03. The highest BCUT2D eigenvalue weighted by atomic mass is 32.2. The molecule has 12 heavy (non-hydrogen) atoms. The van der Waals surface area contributed by atoms with Crippen LogP contribution in [0.1, 0.15) is 12.5 Å². The van der Waals surface area contributed by atoms with Gasteiger partial charge >= 0.3 is 0 Å². The second kappa shape index (κ2) is 4.16. The molecule has 0 aliphatic heterocycles. The van der Waals surface area contributed by atoms with E-state index in [9.17, 15) is 4.21 Å². The molecule has 0 N–H and O–H groups in total. The van der Waals surface area contributed by atoms with Crippen LogP contribution in [0.15, 0.2) is 33.6 Å². The van der Waals surface area contributed by atoms with Gasteiger partial charge < -0.3 is 0 Å². The minimum atomic E-state index is -1.23. The van der Waals surface area contributed by atoms with E-state index in [0.29, 0.717) is 0 Å². The van der Waals surface area contributed by atoms with Gasteiger partial charge in [-0.25, -0.2) is 4.21 Å². The highest BCUT2D eigenvalue weighted by molar-refractivity contribution is 7.83. The molecule has 0 heterocycles. The summed E-state index contributed by atoms with van der Waals surface area (Å²) in [6.45, 7) is 3.69. The van der Waals surface area contributed by atoms with E-state index in [-0.39, 0.29) is 0 Å². The number of aryl methyl sites for hydroxylation is 1. The van der Waals surface area contributed by atoms with Crippen molar-refractivity contribution in [3.8, 4) is 0 Å². The van der Waals surface area contributed by atoms with Gasteiger partial charge in [0.1, 0.15) is 0 Å². The van der Waals surface area contributed by atoms with Gasteiger partial charge in [-0.1, -0.05) is 18.2 Å². The van der Waals surface area contributed by atoms with Crippen molar-refractivity contribution in [3.05, 3.63) is 29.8 Å². The lowest BCUT2D eigenvalue weighted by atomic mass is 10.2. The molecule has 0 fully saturated rings. The number of hydrogen-bond donors (Lipinski definition) is 0. The second-order valence-corrected chi connectivity index (χ2v) is 3.53. The highest BCUT2D eigenvalue weighted by Crippen LogP contribution is 2.12. The van der Waals surface area contributed by atoms with Gasteiger partial charge in [0.25, 0.3) is 0 Å². The number of hydrogen-bond acceptors (Lipinski definition) is 1. The SMILES string of the molecule is CC=NS(=O)c1ccccc1C. The fourth-order valence-electron chi connectivity index (χ4n) is 0.905. The molecule has 0 radical (unpaired) electrons. The molecular formula is C9H11NOS.